The Morgan fingerprint density at radius 3 is 1.86 bits per heavy atom. The summed E-state index contributed by atoms with van der Waals surface area (Å²) >= 11 is 0. The fourth-order valence-corrected chi connectivity index (χ4v) is 2.64. The number of rotatable bonds is 7. The lowest BCUT2D eigenvalue weighted by Crippen LogP contribution is -2.61. The molecule has 8 nitrogen and oxygen atoms in total. The monoisotopic (exact) mass is 386 g/mol. The molecule has 2 rings (SSSR count). The number of aliphatic hydroxyl groups excluding tert-OH is 1. The van der Waals surface area contributed by atoms with Crippen molar-refractivity contribution in [2.75, 3.05) is 0 Å². The predicted molar refractivity (Wildman–Crippen MR) is 96.1 cm³/mol. The van der Waals surface area contributed by atoms with Gasteiger partial charge >= 0.3 is 23.5 Å². The lowest BCUT2D eigenvalue weighted by molar-refractivity contribution is -0.176. The maximum Gasteiger partial charge on any atom is 0.360 e. The number of aliphatic hydroxyl groups is 1. The van der Waals surface area contributed by atoms with Gasteiger partial charge in [0.2, 0.25) is 11.9 Å². The molecule has 0 aliphatic carbocycles. The molecular formula is C20H18O8. The van der Waals surface area contributed by atoms with Crippen molar-refractivity contribution in [3.8, 4) is 0 Å². The molecule has 0 fully saturated rings. The van der Waals surface area contributed by atoms with Crippen molar-refractivity contribution in [2.45, 2.75) is 25.6 Å². The van der Waals surface area contributed by atoms with Gasteiger partial charge < -0.3 is 20.1 Å². The van der Waals surface area contributed by atoms with Crippen molar-refractivity contribution in [1.29, 1.82) is 0 Å². The van der Waals surface area contributed by atoms with E-state index in [-0.39, 0.29) is 11.1 Å². The van der Waals surface area contributed by atoms with Crippen LogP contribution in [0.4, 0.5) is 0 Å². The third-order valence-corrected chi connectivity index (χ3v) is 4.06. The molecule has 0 bridgehead atoms. The zero-order valence-corrected chi connectivity index (χ0v) is 15.1. The Labute approximate surface area is 160 Å². The van der Waals surface area contributed by atoms with Gasteiger partial charge in [0.25, 0.3) is 0 Å². The van der Waals surface area contributed by atoms with E-state index in [4.69, 9.17) is 4.74 Å². The molecule has 0 spiro atoms. The number of carbonyl (C=O) groups excluding carboxylic acids is 2. The second-order valence-corrected chi connectivity index (χ2v) is 6.24. The van der Waals surface area contributed by atoms with E-state index in [1.807, 2.05) is 0 Å². The van der Waals surface area contributed by atoms with Crippen LogP contribution in [0.1, 0.15) is 31.8 Å². The quantitative estimate of drug-likeness (QED) is 0.371. The first kappa shape index (κ1) is 20.8. The van der Waals surface area contributed by atoms with Crippen LogP contribution in [0.5, 0.6) is 0 Å². The smallest absolute Gasteiger partial charge is 0.360 e. The van der Waals surface area contributed by atoms with Crippen LogP contribution in [-0.2, 0) is 14.3 Å². The van der Waals surface area contributed by atoms with Crippen molar-refractivity contribution < 1.29 is 39.2 Å². The molecule has 2 aromatic carbocycles. The van der Waals surface area contributed by atoms with Crippen molar-refractivity contribution in [3.63, 3.8) is 0 Å². The molecule has 0 aliphatic heterocycles. The van der Waals surface area contributed by atoms with Gasteiger partial charge in [-0.15, -0.1) is 0 Å². The fourth-order valence-electron chi connectivity index (χ4n) is 2.64. The summed E-state index contributed by atoms with van der Waals surface area (Å²) in [7, 11) is 0. The average Bonchev–Trinajstić information content (AvgIpc) is 2.64. The third-order valence-electron chi connectivity index (χ3n) is 4.06. The van der Waals surface area contributed by atoms with Crippen LogP contribution in [0.25, 0.3) is 0 Å². The number of ketones is 1. The van der Waals surface area contributed by atoms with E-state index in [2.05, 4.69) is 0 Å². The molecule has 0 heterocycles. The van der Waals surface area contributed by atoms with Crippen molar-refractivity contribution in [1.82, 2.24) is 0 Å². The van der Waals surface area contributed by atoms with E-state index in [0.29, 0.717) is 11.1 Å². The van der Waals surface area contributed by atoms with Crippen LogP contribution >= 0.6 is 0 Å². The zero-order valence-electron chi connectivity index (χ0n) is 15.1. The van der Waals surface area contributed by atoms with Gasteiger partial charge in [-0.25, -0.2) is 14.4 Å². The molecule has 2 aromatic rings. The van der Waals surface area contributed by atoms with Gasteiger partial charge in [-0.3, -0.25) is 4.79 Å². The number of carbonyl (C=O) groups is 4. The first-order valence-corrected chi connectivity index (χ1v) is 8.15. The number of hydrogen-bond acceptors (Lipinski definition) is 6. The molecule has 0 saturated carbocycles. The van der Waals surface area contributed by atoms with Crippen LogP contribution in [0.15, 0.2) is 48.5 Å². The highest BCUT2D eigenvalue weighted by Crippen LogP contribution is 2.26. The number of benzene rings is 2. The Kier molecular flexibility index (Phi) is 5.95. The summed E-state index contributed by atoms with van der Waals surface area (Å²) in [5, 5.41) is 28.9. The molecule has 0 aromatic heterocycles. The third kappa shape index (κ3) is 3.91. The van der Waals surface area contributed by atoms with Crippen LogP contribution in [-0.4, -0.2) is 50.7 Å². The first-order valence-electron chi connectivity index (χ1n) is 8.15. The number of aliphatic carboxylic acids is 2. The van der Waals surface area contributed by atoms with Crippen LogP contribution in [0, 0.1) is 13.8 Å². The van der Waals surface area contributed by atoms with E-state index in [1.165, 1.54) is 36.4 Å². The molecule has 0 unspecified atom stereocenters. The van der Waals surface area contributed by atoms with E-state index in [0.717, 1.165) is 0 Å². The van der Waals surface area contributed by atoms with Gasteiger partial charge in [0, 0.05) is 5.56 Å². The predicted octanol–water partition coefficient (Wildman–Crippen LogP) is 1.61. The molecule has 0 saturated heterocycles. The maximum absolute atomic E-state index is 13.0. The minimum absolute atomic E-state index is 0.0970. The Morgan fingerprint density at radius 1 is 0.893 bits per heavy atom. The van der Waals surface area contributed by atoms with E-state index < -0.39 is 35.4 Å². The Bertz CT molecular complexity index is 949. The number of hydrogen-bond donors (Lipinski definition) is 3. The first-order chi connectivity index (χ1) is 13.1. The van der Waals surface area contributed by atoms with Gasteiger partial charge in [-0.05, 0) is 32.0 Å². The topological polar surface area (TPSA) is 138 Å². The summed E-state index contributed by atoms with van der Waals surface area (Å²) in [5.74, 6) is -6.75. The van der Waals surface area contributed by atoms with Gasteiger partial charge in [0.05, 0.1) is 5.56 Å². The van der Waals surface area contributed by atoms with Crippen LogP contribution in [0.2, 0.25) is 0 Å². The highest BCUT2D eigenvalue weighted by molar-refractivity contribution is 6.19. The van der Waals surface area contributed by atoms with Crippen molar-refractivity contribution in [2.24, 2.45) is 0 Å². The zero-order chi connectivity index (χ0) is 21.1. The lowest BCUT2D eigenvalue weighted by atomic mass is 9.86. The number of carboxylic acid groups (broad SMARTS) is 2. The highest BCUT2D eigenvalue weighted by Gasteiger charge is 2.59. The van der Waals surface area contributed by atoms with Crippen LogP contribution < -0.4 is 0 Å². The number of ether oxygens (including phenoxy) is 1. The molecule has 28 heavy (non-hydrogen) atoms. The Morgan fingerprint density at radius 2 is 1.39 bits per heavy atom. The number of Topliss-reactive ketones (excluding diaryl/α,β-unsaturated/α-hetero) is 1. The minimum Gasteiger partial charge on any atom is -0.479 e. The average molecular weight is 386 g/mol. The Balaban J connectivity index is 2.60. The summed E-state index contributed by atoms with van der Waals surface area (Å²) < 4.78 is 4.90. The standard InChI is InChI=1S/C20H18O8/c1-11-5-3-7-13(9-11)15(21)20(19(26)27,16(22)17(23)24)28-18(25)14-8-4-6-12(2)10-14/h3-10,16,22H,1-2H3,(H,23,24)(H,26,27)/t16-,20+/m0/s1. The summed E-state index contributed by atoms with van der Waals surface area (Å²) in [4.78, 5) is 48.8. The maximum atomic E-state index is 13.0. The minimum atomic E-state index is -3.36. The highest BCUT2D eigenvalue weighted by atomic mass is 16.6. The summed E-state index contributed by atoms with van der Waals surface area (Å²) in [6.07, 6.45) is -2.83. The summed E-state index contributed by atoms with van der Waals surface area (Å²) in [6, 6.07) is 11.5. The molecule has 8 heteroatoms. The fraction of sp³-hybridized carbons (Fsp3) is 0.200. The number of aryl methyl sites for hydroxylation is 2. The molecule has 0 aliphatic rings. The lowest BCUT2D eigenvalue weighted by Gasteiger charge is -2.30. The van der Waals surface area contributed by atoms with Gasteiger partial charge in [-0.2, -0.15) is 0 Å². The summed E-state index contributed by atoms with van der Waals surface area (Å²) in [6.45, 7) is 3.30. The normalized spacial score (nSPS) is 13.8. The molecule has 0 amide bonds. The number of carboxylic acids is 2. The molecule has 0 radical (unpaired) electrons. The second-order valence-electron chi connectivity index (χ2n) is 6.24. The van der Waals surface area contributed by atoms with Gasteiger partial charge in [-0.1, -0.05) is 41.5 Å². The van der Waals surface area contributed by atoms with Gasteiger partial charge in [0.1, 0.15) is 0 Å². The Hall–Kier alpha value is -3.52. The van der Waals surface area contributed by atoms with Gasteiger partial charge in [0.15, 0.2) is 0 Å². The number of esters is 1. The molecule has 3 N–H and O–H groups in total. The van der Waals surface area contributed by atoms with Crippen molar-refractivity contribution in [3.05, 3.63) is 70.8 Å². The SMILES string of the molecule is Cc1cccc(C(=O)O[C@](C(=O)O)(C(=O)c2cccc(C)c2)[C@@H](O)C(=O)O)c1. The summed E-state index contributed by atoms with van der Waals surface area (Å²) in [5.41, 5.74) is -2.44. The van der Waals surface area contributed by atoms with Crippen LogP contribution in [0.3, 0.4) is 0 Å². The van der Waals surface area contributed by atoms with E-state index >= 15 is 0 Å². The van der Waals surface area contributed by atoms with E-state index in [1.54, 1.807) is 26.0 Å². The molecule has 2 atom stereocenters. The van der Waals surface area contributed by atoms with E-state index in [9.17, 15) is 34.5 Å². The largest absolute Gasteiger partial charge is 0.479 e. The van der Waals surface area contributed by atoms with Crippen molar-refractivity contribution >= 4 is 23.7 Å². The molecular weight excluding hydrogens is 368 g/mol. The second kappa shape index (κ2) is 8.01. The molecule has 146 valence electrons.